The van der Waals surface area contributed by atoms with Gasteiger partial charge < -0.3 is 9.84 Å². The SMILES string of the molecule is C=C(NNC(=O)COc1cccc(C)c1C)c1ccccc1O. The van der Waals surface area contributed by atoms with E-state index < -0.39 is 0 Å². The van der Waals surface area contributed by atoms with Crippen LogP contribution in [-0.2, 0) is 4.79 Å². The minimum atomic E-state index is -0.345. The molecular weight excluding hydrogens is 292 g/mol. The number of aryl methyl sites for hydroxylation is 1. The highest BCUT2D eigenvalue weighted by Gasteiger charge is 2.08. The van der Waals surface area contributed by atoms with Crippen molar-refractivity contribution in [2.24, 2.45) is 0 Å². The molecule has 0 spiro atoms. The quantitative estimate of drug-likeness (QED) is 0.717. The van der Waals surface area contributed by atoms with Gasteiger partial charge in [0.25, 0.3) is 5.91 Å². The maximum Gasteiger partial charge on any atom is 0.276 e. The number of phenolic OH excluding ortho intramolecular Hbond substituents is 1. The Bertz CT molecular complexity index is 726. The van der Waals surface area contributed by atoms with Crippen molar-refractivity contribution in [3.05, 3.63) is 65.7 Å². The highest BCUT2D eigenvalue weighted by Crippen LogP contribution is 2.21. The first-order valence-corrected chi connectivity index (χ1v) is 7.20. The Morgan fingerprint density at radius 1 is 1.13 bits per heavy atom. The van der Waals surface area contributed by atoms with Gasteiger partial charge in [0.1, 0.15) is 11.5 Å². The summed E-state index contributed by atoms with van der Waals surface area (Å²) in [5, 5.41) is 9.72. The first-order valence-electron chi connectivity index (χ1n) is 7.20. The maximum absolute atomic E-state index is 11.8. The number of carbonyl (C=O) groups is 1. The predicted molar refractivity (Wildman–Crippen MR) is 89.8 cm³/mol. The molecule has 5 heteroatoms. The number of carbonyl (C=O) groups excluding carboxylic acids is 1. The lowest BCUT2D eigenvalue weighted by atomic mass is 10.1. The molecule has 1 amide bonds. The molecule has 0 radical (unpaired) electrons. The Kier molecular flexibility index (Phi) is 5.25. The Hall–Kier alpha value is -2.95. The fourth-order valence-electron chi connectivity index (χ4n) is 2.00. The van der Waals surface area contributed by atoms with E-state index in [2.05, 4.69) is 17.4 Å². The van der Waals surface area contributed by atoms with E-state index in [-0.39, 0.29) is 18.3 Å². The number of phenols is 1. The second-order valence-corrected chi connectivity index (χ2v) is 5.16. The third kappa shape index (κ3) is 4.26. The molecule has 120 valence electrons. The van der Waals surface area contributed by atoms with Crippen LogP contribution in [0.15, 0.2) is 49.0 Å². The highest BCUT2D eigenvalue weighted by atomic mass is 16.5. The first kappa shape index (κ1) is 16.4. The summed E-state index contributed by atoms with van der Waals surface area (Å²) in [6.07, 6.45) is 0. The molecule has 0 saturated carbocycles. The molecule has 3 N–H and O–H groups in total. The number of benzene rings is 2. The molecule has 0 fully saturated rings. The van der Waals surface area contributed by atoms with Gasteiger partial charge in [0.2, 0.25) is 0 Å². The minimum absolute atomic E-state index is 0.0888. The van der Waals surface area contributed by atoms with E-state index in [1.54, 1.807) is 24.3 Å². The van der Waals surface area contributed by atoms with Crippen LogP contribution in [0.1, 0.15) is 16.7 Å². The number of rotatable bonds is 6. The second-order valence-electron chi connectivity index (χ2n) is 5.16. The summed E-state index contributed by atoms with van der Waals surface area (Å²) in [5.41, 5.74) is 8.18. The number of hydrogen-bond acceptors (Lipinski definition) is 4. The van der Waals surface area contributed by atoms with E-state index in [9.17, 15) is 9.90 Å². The van der Waals surface area contributed by atoms with Crippen molar-refractivity contribution in [2.75, 3.05) is 6.61 Å². The van der Waals surface area contributed by atoms with E-state index in [4.69, 9.17) is 4.74 Å². The monoisotopic (exact) mass is 312 g/mol. The van der Waals surface area contributed by atoms with E-state index in [0.29, 0.717) is 17.0 Å². The van der Waals surface area contributed by atoms with Gasteiger partial charge in [-0.1, -0.05) is 30.8 Å². The molecule has 23 heavy (non-hydrogen) atoms. The lowest BCUT2D eigenvalue weighted by Crippen LogP contribution is -2.39. The molecule has 0 aliphatic carbocycles. The standard InChI is InChI=1S/C18H20N2O3/c1-12-7-6-10-17(13(12)2)23-11-18(22)20-19-14(3)15-8-4-5-9-16(15)21/h4-10,19,21H,3,11H2,1-2H3,(H,20,22). The van der Waals surface area contributed by atoms with Crippen LogP contribution in [0.2, 0.25) is 0 Å². The molecule has 0 unspecified atom stereocenters. The lowest BCUT2D eigenvalue weighted by molar-refractivity contribution is -0.123. The van der Waals surface area contributed by atoms with Crippen LogP contribution in [0.3, 0.4) is 0 Å². The summed E-state index contributed by atoms with van der Waals surface area (Å²) in [4.78, 5) is 11.8. The minimum Gasteiger partial charge on any atom is -0.507 e. The molecule has 0 aliphatic heterocycles. The van der Waals surface area contributed by atoms with Crippen molar-refractivity contribution in [1.82, 2.24) is 10.9 Å². The molecule has 2 aromatic rings. The molecule has 0 atom stereocenters. The van der Waals surface area contributed by atoms with Crippen LogP contribution in [-0.4, -0.2) is 17.6 Å². The summed E-state index contributed by atoms with van der Waals surface area (Å²) in [6.45, 7) is 7.59. The summed E-state index contributed by atoms with van der Waals surface area (Å²) in [7, 11) is 0. The maximum atomic E-state index is 11.8. The van der Waals surface area contributed by atoms with Gasteiger partial charge in [-0.15, -0.1) is 0 Å². The van der Waals surface area contributed by atoms with Gasteiger partial charge in [0.05, 0.1) is 5.70 Å². The zero-order valence-electron chi connectivity index (χ0n) is 13.2. The summed E-state index contributed by atoms with van der Waals surface area (Å²) < 4.78 is 5.51. The Balaban J connectivity index is 1.85. The van der Waals surface area contributed by atoms with Crippen LogP contribution >= 0.6 is 0 Å². The van der Waals surface area contributed by atoms with Crippen LogP contribution < -0.4 is 15.6 Å². The van der Waals surface area contributed by atoms with Crippen LogP contribution in [0.5, 0.6) is 11.5 Å². The van der Waals surface area contributed by atoms with Crippen molar-refractivity contribution in [3.8, 4) is 11.5 Å². The van der Waals surface area contributed by atoms with Gasteiger partial charge in [-0.2, -0.15) is 0 Å². The number of nitrogens with one attached hydrogen (secondary N) is 2. The molecule has 0 heterocycles. The fourth-order valence-corrected chi connectivity index (χ4v) is 2.00. The van der Waals surface area contributed by atoms with Crippen molar-refractivity contribution in [3.63, 3.8) is 0 Å². The average molecular weight is 312 g/mol. The van der Waals surface area contributed by atoms with Crippen LogP contribution in [0.4, 0.5) is 0 Å². The second kappa shape index (κ2) is 7.35. The number of hydrogen-bond donors (Lipinski definition) is 3. The smallest absolute Gasteiger partial charge is 0.276 e. The topological polar surface area (TPSA) is 70.6 Å². The van der Waals surface area contributed by atoms with E-state index in [1.165, 1.54) is 0 Å². The molecule has 5 nitrogen and oxygen atoms in total. The zero-order chi connectivity index (χ0) is 16.8. The molecule has 2 rings (SSSR count). The molecular formula is C18H20N2O3. The van der Waals surface area contributed by atoms with Crippen molar-refractivity contribution in [2.45, 2.75) is 13.8 Å². The lowest BCUT2D eigenvalue weighted by Gasteiger charge is -2.14. The van der Waals surface area contributed by atoms with E-state index in [0.717, 1.165) is 11.1 Å². The summed E-state index contributed by atoms with van der Waals surface area (Å²) in [5.74, 6) is 0.424. The molecule has 0 saturated heterocycles. The highest BCUT2D eigenvalue weighted by molar-refractivity contribution is 5.79. The first-order chi connectivity index (χ1) is 11.0. The molecule has 2 aromatic carbocycles. The Labute approximate surface area is 135 Å². The number of hydrazine groups is 1. The number of para-hydroxylation sites is 1. The zero-order valence-corrected chi connectivity index (χ0v) is 13.2. The van der Waals surface area contributed by atoms with Gasteiger partial charge in [-0.3, -0.25) is 15.6 Å². The van der Waals surface area contributed by atoms with Gasteiger partial charge in [-0.25, -0.2) is 0 Å². The summed E-state index contributed by atoms with van der Waals surface area (Å²) in [6, 6.07) is 12.4. The van der Waals surface area contributed by atoms with Crippen LogP contribution in [0, 0.1) is 13.8 Å². The van der Waals surface area contributed by atoms with Crippen LogP contribution in [0.25, 0.3) is 5.70 Å². The summed E-state index contributed by atoms with van der Waals surface area (Å²) >= 11 is 0. The van der Waals surface area contributed by atoms with E-state index >= 15 is 0 Å². The number of amides is 1. The molecule has 0 bridgehead atoms. The molecule has 0 aromatic heterocycles. The van der Waals surface area contributed by atoms with Gasteiger partial charge in [0, 0.05) is 5.56 Å². The third-order valence-corrected chi connectivity index (χ3v) is 3.50. The largest absolute Gasteiger partial charge is 0.507 e. The number of aromatic hydroxyl groups is 1. The average Bonchev–Trinajstić information content (AvgIpc) is 2.54. The van der Waals surface area contributed by atoms with Crippen molar-refractivity contribution in [1.29, 1.82) is 0 Å². The third-order valence-electron chi connectivity index (χ3n) is 3.50. The van der Waals surface area contributed by atoms with Gasteiger partial charge >= 0.3 is 0 Å². The Morgan fingerprint density at radius 2 is 1.87 bits per heavy atom. The Morgan fingerprint density at radius 3 is 2.61 bits per heavy atom. The molecule has 0 aliphatic rings. The van der Waals surface area contributed by atoms with E-state index in [1.807, 2.05) is 32.0 Å². The van der Waals surface area contributed by atoms with Gasteiger partial charge in [0.15, 0.2) is 6.61 Å². The predicted octanol–water partition coefficient (Wildman–Crippen LogP) is 2.68. The van der Waals surface area contributed by atoms with Crippen molar-refractivity contribution < 1.29 is 14.6 Å². The number of ether oxygens (including phenoxy) is 1. The van der Waals surface area contributed by atoms with Crippen molar-refractivity contribution >= 4 is 11.6 Å². The fraction of sp³-hybridized carbons (Fsp3) is 0.167. The van der Waals surface area contributed by atoms with Gasteiger partial charge in [-0.05, 0) is 43.2 Å². The normalized spacial score (nSPS) is 10.0.